The highest BCUT2D eigenvalue weighted by atomic mass is 16.1. The molecule has 6 nitrogen and oxygen atoms in total. The van der Waals surface area contributed by atoms with E-state index in [4.69, 9.17) is 0 Å². The Kier molecular flexibility index (Phi) is 4.83. The van der Waals surface area contributed by atoms with E-state index in [0.29, 0.717) is 12.1 Å². The lowest BCUT2D eigenvalue weighted by atomic mass is 10.2. The highest BCUT2D eigenvalue weighted by Gasteiger charge is 2.05. The van der Waals surface area contributed by atoms with Gasteiger partial charge in [0, 0.05) is 49.1 Å². The zero-order valence-corrected chi connectivity index (χ0v) is 12.8. The van der Waals surface area contributed by atoms with E-state index in [2.05, 4.69) is 15.3 Å². The summed E-state index contributed by atoms with van der Waals surface area (Å²) in [5, 5.41) is 2.95. The van der Waals surface area contributed by atoms with Crippen LogP contribution in [0.2, 0.25) is 0 Å². The zero-order chi connectivity index (χ0) is 15.9. The van der Waals surface area contributed by atoms with Crippen LogP contribution in [0.1, 0.15) is 23.2 Å². The number of carbonyl (C=O) groups is 1. The molecular weight excluding hydrogens is 290 g/mol. The van der Waals surface area contributed by atoms with Crippen molar-refractivity contribution in [2.24, 2.45) is 0 Å². The van der Waals surface area contributed by atoms with Crippen LogP contribution in [0.4, 0.5) is 0 Å². The Morgan fingerprint density at radius 2 is 1.78 bits per heavy atom. The first-order valence-corrected chi connectivity index (χ1v) is 7.65. The van der Waals surface area contributed by atoms with Gasteiger partial charge in [0.2, 0.25) is 0 Å². The minimum atomic E-state index is -0.0372. The molecular formula is C17H19N5O. The molecule has 0 saturated heterocycles. The maximum atomic E-state index is 12.1. The standard InChI is InChI=1S/C17H19N5O/c23-17(20-7-1-2-10-21-11-8-18-13-21)15-3-5-16(6-4-15)22-12-9-19-14-22/h3-6,8-9,11-14H,1-2,7,10H2,(H,20,23). The van der Waals surface area contributed by atoms with Crippen LogP contribution < -0.4 is 5.32 Å². The van der Waals surface area contributed by atoms with Gasteiger partial charge in [-0.1, -0.05) is 0 Å². The van der Waals surface area contributed by atoms with Gasteiger partial charge >= 0.3 is 0 Å². The number of nitrogens with one attached hydrogen (secondary N) is 1. The second kappa shape index (κ2) is 7.40. The summed E-state index contributed by atoms with van der Waals surface area (Å²) in [7, 11) is 0. The van der Waals surface area contributed by atoms with Gasteiger partial charge in [-0.05, 0) is 37.1 Å². The Bertz CT molecular complexity index is 717. The van der Waals surface area contributed by atoms with Gasteiger partial charge in [-0.2, -0.15) is 0 Å². The number of hydrogen-bond acceptors (Lipinski definition) is 3. The van der Waals surface area contributed by atoms with Crippen molar-refractivity contribution < 1.29 is 4.79 Å². The Labute approximate surface area is 134 Å². The molecule has 3 aromatic rings. The monoisotopic (exact) mass is 309 g/mol. The van der Waals surface area contributed by atoms with Crippen molar-refractivity contribution in [2.75, 3.05) is 6.54 Å². The maximum absolute atomic E-state index is 12.1. The average molecular weight is 309 g/mol. The van der Waals surface area contributed by atoms with Gasteiger partial charge in [0.15, 0.2) is 0 Å². The average Bonchev–Trinajstić information content (AvgIpc) is 3.28. The fraction of sp³-hybridized carbons (Fsp3) is 0.235. The Hall–Kier alpha value is -2.89. The predicted molar refractivity (Wildman–Crippen MR) is 87.4 cm³/mol. The number of aryl methyl sites for hydroxylation is 1. The first kappa shape index (κ1) is 15.0. The number of imidazole rings is 2. The molecule has 0 aliphatic carbocycles. The van der Waals surface area contributed by atoms with E-state index in [1.54, 1.807) is 25.0 Å². The van der Waals surface area contributed by atoms with Gasteiger partial charge in [0.1, 0.15) is 0 Å². The number of rotatable bonds is 7. The molecule has 3 rings (SSSR count). The van der Waals surface area contributed by atoms with E-state index in [9.17, 15) is 4.79 Å². The van der Waals surface area contributed by atoms with Gasteiger partial charge in [-0.3, -0.25) is 4.79 Å². The predicted octanol–water partition coefficient (Wildman–Crippen LogP) is 2.28. The fourth-order valence-corrected chi connectivity index (χ4v) is 2.34. The van der Waals surface area contributed by atoms with Crippen LogP contribution in [-0.4, -0.2) is 31.6 Å². The van der Waals surface area contributed by atoms with Gasteiger partial charge in [-0.25, -0.2) is 9.97 Å². The molecule has 1 amide bonds. The molecule has 0 atom stereocenters. The lowest BCUT2D eigenvalue weighted by molar-refractivity contribution is 0.0953. The van der Waals surface area contributed by atoms with Crippen LogP contribution >= 0.6 is 0 Å². The van der Waals surface area contributed by atoms with E-state index in [1.807, 2.05) is 45.8 Å². The molecule has 1 aromatic carbocycles. The zero-order valence-electron chi connectivity index (χ0n) is 12.8. The first-order valence-electron chi connectivity index (χ1n) is 7.65. The van der Waals surface area contributed by atoms with Crippen LogP contribution in [0.25, 0.3) is 5.69 Å². The molecule has 0 aliphatic rings. The highest BCUT2D eigenvalue weighted by Crippen LogP contribution is 2.09. The number of amides is 1. The molecule has 0 saturated carbocycles. The largest absolute Gasteiger partial charge is 0.352 e. The fourth-order valence-electron chi connectivity index (χ4n) is 2.34. The summed E-state index contributed by atoms with van der Waals surface area (Å²) < 4.78 is 3.94. The van der Waals surface area contributed by atoms with Gasteiger partial charge in [0.05, 0.1) is 12.7 Å². The van der Waals surface area contributed by atoms with Crippen molar-refractivity contribution in [3.8, 4) is 5.69 Å². The van der Waals surface area contributed by atoms with Crippen molar-refractivity contribution in [1.82, 2.24) is 24.4 Å². The van der Waals surface area contributed by atoms with Crippen LogP contribution in [0, 0.1) is 0 Å². The molecule has 0 spiro atoms. The topological polar surface area (TPSA) is 64.7 Å². The van der Waals surface area contributed by atoms with E-state index in [-0.39, 0.29) is 5.91 Å². The summed E-state index contributed by atoms with van der Waals surface area (Å²) in [4.78, 5) is 20.1. The van der Waals surface area contributed by atoms with E-state index in [1.165, 1.54) is 0 Å². The van der Waals surface area contributed by atoms with Crippen LogP contribution in [0.3, 0.4) is 0 Å². The van der Waals surface area contributed by atoms with Crippen LogP contribution in [0.5, 0.6) is 0 Å². The Morgan fingerprint density at radius 1 is 1.00 bits per heavy atom. The molecule has 0 radical (unpaired) electrons. The van der Waals surface area contributed by atoms with Gasteiger partial charge in [-0.15, -0.1) is 0 Å². The van der Waals surface area contributed by atoms with Crippen molar-refractivity contribution in [3.05, 3.63) is 67.3 Å². The number of unbranched alkanes of at least 4 members (excludes halogenated alkanes) is 1. The van der Waals surface area contributed by atoms with Gasteiger partial charge < -0.3 is 14.5 Å². The quantitative estimate of drug-likeness (QED) is 0.681. The highest BCUT2D eigenvalue weighted by molar-refractivity contribution is 5.94. The smallest absolute Gasteiger partial charge is 0.251 e. The maximum Gasteiger partial charge on any atom is 0.251 e. The second-order valence-electron chi connectivity index (χ2n) is 5.28. The molecule has 1 N–H and O–H groups in total. The van der Waals surface area contributed by atoms with E-state index >= 15 is 0 Å². The van der Waals surface area contributed by atoms with Crippen molar-refractivity contribution in [2.45, 2.75) is 19.4 Å². The summed E-state index contributed by atoms with van der Waals surface area (Å²) in [5.41, 5.74) is 1.66. The van der Waals surface area contributed by atoms with Crippen LogP contribution in [-0.2, 0) is 6.54 Å². The summed E-state index contributed by atoms with van der Waals surface area (Å²) in [6.07, 6.45) is 12.8. The Balaban J connectivity index is 1.43. The summed E-state index contributed by atoms with van der Waals surface area (Å²) in [5.74, 6) is -0.0372. The second-order valence-corrected chi connectivity index (χ2v) is 5.28. The third-order valence-corrected chi connectivity index (χ3v) is 3.62. The van der Waals surface area contributed by atoms with Crippen molar-refractivity contribution >= 4 is 5.91 Å². The number of hydrogen-bond donors (Lipinski definition) is 1. The minimum absolute atomic E-state index is 0.0372. The van der Waals surface area contributed by atoms with Crippen molar-refractivity contribution in [3.63, 3.8) is 0 Å². The molecule has 0 bridgehead atoms. The number of carbonyl (C=O) groups excluding carboxylic acids is 1. The molecule has 0 aliphatic heterocycles. The third-order valence-electron chi connectivity index (χ3n) is 3.62. The molecule has 118 valence electrons. The number of aromatic nitrogens is 4. The van der Waals surface area contributed by atoms with Gasteiger partial charge in [0.25, 0.3) is 5.91 Å². The molecule has 23 heavy (non-hydrogen) atoms. The number of nitrogens with zero attached hydrogens (tertiary/aromatic N) is 4. The molecule has 0 unspecified atom stereocenters. The minimum Gasteiger partial charge on any atom is -0.352 e. The number of benzene rings is 1. The molecule has 2 aromatic heterocycles. The SMILES string of the molecule is O=C(NCCCCn1ccnc1)c1ccc(-n2ccnc2)cc1. The summed E-state index contributed by atoms with van der Waals surface area (Å²) in [6, 6.07) is 7.48. The lowest BCUT2D eigenvalue weighted by Gasteiger charge is -2.07. The lowest BCUT2D eigenvalue weighted by Crippen LogP contribution is -2.24. The first-order chi connectivity index (χ1) is 11.3. The normalized spacial score (nSPS) is 10.6. The van der Waals surface area contributed by atoms with Crippen LogP contribution in [0.15, 0.2) is 61.7 Å². The molecule has 0 fully saturated rings. The molecule has 6 heteroatoms. The van der Waals surface area contributed by atoms with E-state index in [0.717, 1.165) is 25.1 Å². The summed E-state index contributed by atoms with van der Waals surface area (Å²) in [6.45, 7) is 1.60. The summed E-state index contributed by atoms with van der Waals surface area (Å²) >= 11 is 0. The molecule has 2 heterocycles. The van der Waals surface area contributed by atoms with E-state index < -0.39 is 0 Å². The Morgan fingerprint density at radius 3 is 2.48 bits per heavy atom. The third kappa shape index (κ3) is 4.06. The van der Waals surface area contributed by atoms with Crippen molar-refractivity contribution in [1.29, 1.82) is 0 Å².